The molecule has 9 nitrogen and oxygen atoms in total. The number of ether oxygens (including phenoxy) is 1. The van der Waals surface area contributed by atoms with Crippen molar-refractivity contribution in [2.24, 2.45) is 13.0 Å². The van der Waals surface area contributed by atoms with E-state index in [1.807, 2.05) is 32.9 Å². The molecule has 1 N–H and O–H groups in total. The number of aryl methyl sites for hydroxylation is 1. The second-order valence-electron chi connectivity index (χ2n) is 9.86. The van der Waals surface area contributed by atoms with Gasteiger partial charge in [-0.1, -0.05) is 17.9 Å². The van der Waals surface area contributed by atoms with Gasteiger partial charge in [-0.05, 0) is 52.2 Å². The molecule has 0 aliphatic carbocycles. The van der Waals surface area contributed by atoms with Gasteiger partial charge in [0.15, 0.2) is 0 Å². The van der Waals surface area contributed by atoms with Gasteiger partial charge >= 0.3 is 11.8 Å². The van der Waals surface area contributed by atoms with E-state index >= 15 is 0 Å². The van der Waals surface area contributed by atoms with Gasteiger partial charge in [0.1, 0.15) is 11.6 Å². The highest BCUT2D eigenvalue weighted by molar-refractivity contribution is 6.00. The Labute approximate surface area is 198 Å². The van der Waals surface area contributed by atoms with E-state index in [0.717, 1.165) is 12.8 Å². The van der Waals surface area contributed by atoms with Gasteiger partial charge in [-0.2, -0.15) is 0 Å². The van der Waals surface area contributed by atoms with Gasteiger partial charge in [0, 0.05) is 32.5 Å². The lowest BCUT2D eigenvalue weighted by molar-refractivity contribution is -0.135. The van der Waals surface area contributed by atoms with Crippen LogP contribution in [-0.2, 0) is 21.4 Å². The molecule has 0 bridgehead atoms. The first-order chi connectivity index (χ1) is 16.0. The molecule has 1 aromatic heterocycles. The zero-order valence-electron chi connectivity index (χ0n) is 20.0. The molecule has 180 valence electrons. The second-order valence-corrected chi connectivity index (χ2v) is 9.86. The number of likely N-dealkylation sites (tertiary alicyclic amines) is 1. The fourth-order valence-electron chi connectivity index (χ4n) is 4.48. The molecular formula is C25H30N4O5. The molecule has 9 heteroatoms. The molecule has 2 fully saturated rings. The Kier molecular flexibility index (Phi) is 6.26. The van der Waals surface area contributed by atoms with Crippen LogP contribution in [0.15, 0.2) is 23.0 Å². The van der Waals surface area contributed by atoms with Crippen LogP contribution in [0, 0.1) is 17.8 Å². The van der Waals surface area contributed by atoms with E-state index in [2.05, 4.69) is 17.2 Å². The number of hydrogen-bond acceptors (Lipinski definition) is 5. The number of benzene rings is 1. The maximum Gasteiger partial charge on any atom is 0.410 e. The van der Waals surface area contributed by atoms with E-state index in [4.69, 9.17) is 4.74 Å². The van der Waals surface area contributed by atoms with Crippen molar-refractivity contribution in [1.82, 2.24) is 19.4 Å². The highest BCUT2D eigenvalue weighted by Crippen LogP contribution is 2.25. The first-order valence-corrected chi connectivity index (χ1v) is 11.6. The number of hydrogen-bond donors (Lipinski definition) is 1. The largest absolute Gasteiger partial charge is 0.444 e. The van der Waals surface area contributed by atoms with E-state index in [1.54, 1.807) is 18.0 Å². The maximum atomic E-state index is 13.0. The van der Waals surface area contributed by atoms with Gasteiger partial charge in [0.2, 0.25) is 11.8 Å². The Morgan fingerprint density at radius 2 is 1.82 bits per heavy atom. The monoisotopic (exact) mass is 466 g/mol. The predicted octanol–water partition coefficient (Wildman–Crippen LogP) is 2.32. The van der Waals surface area contributed by atoms with Crippen LogP contribution in [0.5, 0.6) is 0 Å². The lowest BCUT2D eigenvalue weighted by Gasteiger charge is -2.31. The Bertz CT molecular complexity index is 1260. The van der Waals surface area contributed by atoms with Crippen LogP contribution in [0.1, 0.15) is 58.1 Å². The van der Waals surface area contributed by atoms with E-state index in [0.29, 0.717) is 29.7 Å². The molecule has 0 spiro atoms. The number of imidazole rings is 1. The molecule has 3 heterocycles. The number of piperidine rings is 2. The summed E-state index contributed by atoms with van der Waals surface area (Å²) in [6.45, 7) is 6.73. The van der Waals surface area contributed by atoms with Gasteiger partial charge in [-0.25, -0.2) is 9.59 Å². The summed E-state index contributed by atoms with van der Waals surface area (Å²) in [5, 5.41) is 2.32. The molecular weight excluding hydrogens is 436 g/mol. The summed E-state index contributed by atoms with van der Waals surface area (Å²) >= 11 is 0. The van der Waals surface area contributed by atoms with Gasteiger partial charge in [-0.15, -0.1) is 0 Å². The summed E-state index contributed by atoms with van der Waals surface area (Å²) in [5.74, 6) is 5.89. The SMILES string of the molecule is Cn1c(=O)n(C2CCC(=O)NC2=O)c2cccc(C#CC3CCN(C(=O)OC(C)(C)C)CC3)c21. The van der Waals surface area contributed by atoms with Crippen molar-refractivity contribution in [2.45, 2.75) is 58.1 Å². The van der Waals surface area contributed by atoms with Gasteiger partial charge in [0.05, 0.1) is 16.6 Å². The zero-order valence-corrected chi connectivity index (χ0v) is 20.0. The Hall–Kier alpha value is -3.54. The number of carbonyl (C=O) groups excluding carboxylic acids is 3. The lowest BCUT2D eigenvalue weighted by atomic mass is 9.97. The van der Waals surface area contributed by atoms with Crippen molar-refractivity contribution in [3.05, 3.63) is 34.2 Å². The standard InChI is InChI=1S/C25H30N4O5/c1-25(2,3)34-24(33)28-14-12-16(13-15-28)8-9-17-6-5-7-18-21(17)27(4)23(32)29(18)19-10-11-20(30)26-22(19)31/h5-7,16,19H,10-15H2,1-4H3,(H,26,30,31). The summed E-state index contributed by atoms with van der Waals surface area (Å²) in [6, 6.07) is 4.75. The molecule has 2 aliphatic heterocycles. The minimum Gasteiger partial charge on any atom is -0.444 e. The average Bonchev–Trinajstić information content (AvgIpc) is 3.02. The van der Waals surface area contributed by atoms with Crippen LogP contribution in [0.25, 0.3) is 11.0 Å². The topological polar surface area (TPSA) is 103 Å². The fourth-order valence-corrected chi connectivity index (χ4v) is 4.48. The molecule has 2 saturated heterocycles. The number of amides is 3. The molecule has 2 aromatic rings. The van der Waals surface area contributed by atoms with Crippen LogP contribution in [0.2, 0.25) is 0 Å². The van der Waals surface area contributed by atoms with Crippen LogP contribution in [0.4, 0.5) is 4.79 Å². The quantitative estimate of drug-likeness (QED) is 0.513. The summed E-state index contributed by atoms with van der Waals surface area (Å²) in [4.78, 5) is 51.0. The highest BCUT2D eigenvalue weighted by atomic mass is 16.6. The number of carbonyl (C=O) groups is 3. The van der Waals surface area contributed by atoms with Crippen LogP contribution in [-0.4, -0.2) is 50.6 Å². The van der Waals surface area contributed by atoms with Crippen molar-refractivity contribution in [2.75, 3.05) is 13.1 Å². The van der Waals surface area contributed by atoms with Crippen molar-refractivity contribution >= 4 is 28.9 Å². The molecule has 34 heavy (non-hydrogen) atoms. The molecule has 3 amide bonds. The summed E-state index contributed by atoms with van der Waals surface area (Å²) in [5.41, 5.74) is 1.15. The van der Waals surface area contributed by atoms with E-state index in [9.17, 15) is 19.2 Å². The second kappa shape index (κ2) is 9.01. The summed E-state index contributed by atoms with van der Waals surface area (Å²) in [6.07, 6.45) is 1.68. The summed E-state index contributed by atoms with van der Waals surface area (Å²) < 4.78 is 8.42. The van der Waals surface area contributed by atoms with Crippen molar-refractivity contribution in [3.63, 3.8) is 0 Å². The van der Waals surface area contributed by atoms with Crippen molar-refractivity contribution in [1.29, 1.82) is 0 Å². The predicted molar refractivity (Wildman–Crippen MR) is 126 cm³/mol. The minimum absolute atomic E-state index is 0.128. The number of fused-ring (bicyclic) bond motifs is 1. The number of nitrogens with one attached hydrogen (secondary N) is 1. The first-order valence-electron chi connectivity index (χ1n) is 11.6. The first kappa shape index (κ1) is 23.6. The molecule has 4 rings (SSSR count). The van der Waals surface area contributed by atoms with Crippen LogP contribution in [0.3, 0.4) is 0 Å². The van der Waals surface area contributed by atoms with E-state index in [1.165, 1.54) is 9.13 Å². The minimum atomic E-state index is -0.728. The fraction of sp³-hybridized carbons (Fsp3) is 0.520. The number of aromatic nitrogens is 2. The third kappa shape index (κ3) is 4.72. The Morgan fingerprint density at radius 1 is 1.12 bits per heavy atom. The highest BCUT2D eigenvalue weighted by Gasteiger charge is 2.31. The Morgan fingerprint density at radius 3 is 2.47 bits per heavy atom. The maximum absolute atomic E-state index is 13.0. The van der Waals surface area contributed by atoms with Crippen LogP contribution < -0.4 is 11.0 Å². The van der Waals surface area contributed by atoms with Gasteiger partial charge in [0.25, 0.3) is 0 Å². The average molecular weight is 467 g/mol. The Balaban J connectivity index is 1.55. The molecule has 0 saturated carbocycles. The van der Waals surface area contributed by atoms with Crippen LogP contribution >= 0.6 is 0 Å². The van der Waals surface area contributed by atoms with E-state index < -0.39 is 17.6 Å². The molecule has 0 radical (unpaired) electrons. The lowest BCUT2D eigenvalue weighted by Crippen LogP contribution is -2.44. The zero-order chi connectivity index (χ0) is 24.6. The molecule has 2 aliphatic rings. The number of nitrogens with zero attached hydrogens (tertiary/aromatic N) is 3. The van der Waals surface area contributed by atoms with Gasteiger partial charge in [-0.3, -0.25) is 24.0 Å². The third-order valence-corrected chi connectivity index (χ3v) is 6.18. The van der Waals surface area contributed by atoms with Gasteiger partial charge < -0.3 is 9.64 Å². The van der Waals surface area contributed by atoms with Crippen molar-refractivity contribution in [3.8, 4) is 11.8 Å². The van der Waals surface area contributed by atoms with E-state index in [-0.39, 0.29) is 36.4 Å². The number of rotatable bonds is 1. The normalized spacial score (nSPS) is 19.5. The summed E-state index contributed by atoms with van der Waals surface area (Å²) in [7, 11) is 1.66. The molecule has 1 atom stereocenters. The number of para-hydroxylation sites is 1. The molecule has 1 aromatic carbocycles. The molecule has 1 unspecified atom stereocenters. The van der Waals surface area contributed by atoms with Crippen molar-refractivity contribution < 1.29 is 19.1 Å². The number of imide groups is 1. The third-order valence-electron chi connectivity index (χ3n) is 6.18. The smallest absolute Gasteiger partial charge is 0.410 e.